The van der Waals surface area contributed by atoms with E-state index in [0.29, 0.717) is 6.07 Å². The Morgan fingerprint density at radius 2 is 2.00 bits per heavy atom. The Hall–Kier alpha value is -1.58. The fourth-order valence-corrected chi connectivity index (χ4v) is 2.97. The number of halogens is 1. The van der Waals surface area contributed by atoms with Crippen LogP contribution in [0.4, 0.5) is 10.1 Å². The maximum atomic E-state index is 13.5. The molecule has 0 aromatic heterocycles. The number of aliphatic hydroxyl groups is 1. The second kappa shape index (κ2) is 5.43. The number of aryl methyl sites for hydroxylation is 1. The molecule has 9 heteroatoms. The zero-order valence-corrected chi connectivity index (χ0v) is 12.0. The van der Waals surface area contributed by atoms with E-state index in [2.05, 4.69) is 4.72 Å². The molecule has 0 saturated carbocycles. The summed E-state index contributed by atoms with van der Waals surface area (Å²) >= 11 is 0. The molecule has 0 bridgehead atoms. The van der Waals surface area contributed by atoms with Crippen molar-refractivity contribution in [3.8, 4) is 0 Å². The summed E-state index contributed by atoms with van der Waals surface area (Å²) in [5.41, 5.74) is -2.20. The number of benzene rings is 1. The summed E-state index contributed by atoms with van der Waals surface area (Å²) in [6.07, 6.45) is 0. The van der Waals surface area contributed by atoms with Gasteiger partial charge in [0.1, 0.15) is 0 Å². The molecule has 20 heavy (non-hydrogen) atoms. The lowest BCUT2D eigenvalue weighted by molar-refractivity contribution is -0.387. The van der Waals surface area contributed by atoms with Gasteiger partial charge in [-0.15, -0.1) is 0 Å². The standard InChI is InChI=1S/C11H15FN2O5S/c1-7-4-8(5-9(10(7)12)14(16)17)20(18,19)13-11(2,3)6-15/h4-5,13,15H,6H2,1-3H3. The predicted octanol–water partition coefficient (Wildman–Crippen LogP) is 1.09. The molecular weight excluding hydrogens is 291 g/mol. The number of sulfonamides is 1. The Kier molecular flexibility index (Phi) is 4.47. The van der Waals surface area contributed by atoms with Crippen LogP contribution < -0.4 is 4.72 Å². The van der Waals surface area contributed by atoms with Gasteiger partial charge in [0.2, 0.25) is 15.8 Å². The van der Waals surface area contributed by atoms with Crippen molar-refractivity contribution >= 4 is 15.7 Å². The van der Waals surface area contributed by atoms with Crippen LogP contribution in [0.5, 0.6) is 0 Å². The predicted molar refractivity (Wildman–Crippen MR) is 69.3 cm³/mol. The highest BCUT2D eigenvalue weighted by Gasteiger charge is 2.28. The summed E-state index contributed by atoms with van der Waals surface area (Å²) in [6.45, 7) is 3.65. The number of nitro benzene ring substituents is 1. The molecule has 0 aliphatic carbocycles. The molecule has 0 unspecified atom stereocenters. The summed E-state index contributed by atoms with van der Waals surface area (Å²) in [4.78, 5) is 9.29. The third kappa shape index (κ3) is 3.50. The number of nitro groups is 1. The minimum Gasteiger partial charge on any atom is -0.394 e. The van der Waals surface area contributed by atoms with Crippen LogP contribution in [0.1, 0.15) is 19.4 Å². The summed E-state index contributed by atoms with van der Waals surface area (Å²) in [7, 11) is -4.11. The highest BCUT2D eigenvalue weighted by atomic mass is 32.2. The summed E-state index contributed by atoms with van der Waals surface area (Å²) in [5, 5.41) is 19.8. The molecule has 1 aromatic rings. The number of hydrogen-bond donors (Lipinski definition) is 2. The van der Waals surface area contributed by atoms with E-state index in [9.17, 15) is 22.9 Å². The van der Waals surface area contributed by atoms with Crippen molar-refractivity contribution in [3.63, 3.8) is 0 Å². The Bertz CT molecular complexity index is 642. The van der Waals surface area contributed by atoms with Gasteiger partial charge in [0, 0.05) is 6.07 Å². The van der Waals surface area contributed by atoms with Gasteiger partial charge in [-0.05, 0) is 32.4 Å². The maximum absolute atomic E-state index is 13.5. The third-order valence-corrected chi connectivity index (χ3v) is 4.20. The normalized spacial score (nSPS) is 12.4. The van der Waals surface area contributed by atoms with Crippen molar-refractivity contribution in [2.24, 2.45) is 0 Å². The number of aliphatic hydroxyl groups excluding tert-OH is 1. The van der Waals surface area contributed by atoms with Gasteiger partial charge in [-0.3, -0.25) is 10.1 Å². The van der Waals surface area contributed by atoms with Crippen molar-refractivity contribution in [1.82, 2.24) is 4.72 Å². The van der Waals surface area contributed by atoms with Gasteiger partial charge in [-0.1, -0.05) is 0 Å². The van der Waals surface area contributed by atoms with Gasteiger partial charge in [-0.25, -0.2) is 13.1 Å². The first-order valence-electron chi connectivity index (χ1n) is 5.59. The van der Waals surface area contributed by atoms with Crippen LogP contribution in [-0.2, 0) is 10.0 Å². The molecule has 0 radical (unpaired) electrons. The maximum Gasteiger partial charge on any atom is 0.306 e. The second-order valence-electron chi connectivity index (χ2n) is 4.98. The molecule has 2 N–H and O–H groups in total. The SMILES string of the molecule is Cc1cc(S(=O)(=O)NC(C)(C)CO)cc([N+](=O)[O-])c1F. The second-order valence-corrected chi connectivity index (χ2v) is 6.66. The van der Waals surface area contributed by atoms with Crippen LogP contribution in [0.25, 0.3) is 0 Å². The largest absolute Gasteiger partial charge is 0.394 e. The molecule has 1 rings (SSSR count). The van der Waals surface area contributed by atoms with Crippen molar-refractivity contribution in [2.75, 3.05) is 6.61 Å². The quantitative estimate of drug-likeness (QED) is 0.625. The van der Waals surface area contributed by atoms with Crippen LogP contribution in [0.2, 0.25) is 0 Å². The lowest BCUT2D eigenvalue weighted by Crippen LogP contribution is -2.46. The number of nitrogens with zero attached hydrogens (tertiary/aromatic N) is 1. The molecular formula is C11H15FN2O5S. The van der Waals surface area contributed by atoms with E-state index in [1.54, 1.807) is 0 Å². The smallest absolute Gasteiger partial charge is 0.306 e. The van der Waals surface area contributed by atoms with Gasteiger partial charge in [0.15, 0.2) is 0 Å². The highest BCUT2D eigenvalue weighted by molar-refractivity contribution is 7.89. The van der Waals surface area contributed by atoms with E-state index in [4.69, 9.17) is 5.11 Å². The average Bonchev–Trinajstić information content (AvgIpc) is 2.30. The number of nitrogens with one attached hydrogen (secondary N) is 1. The fraction of sp³-hybridized carbons (Fsp3) is 0.455. The van der Waals surface area contributed by atoms with Gasteiger partial charge in [-0.2, -0.15) is 4.39 Å². The molecule has 112 valence electrons. The number of hydrogen-bond acceptors (Lipinski definition) is 5. The minimum atomic E-state index is -4.11. The minimum absolute atomic E-state index is 0.152. The highest BCUT2D eigenvalue weighted by Crippen LogP contribution is 2.25. The van der Waals surface area contributed by atoms with Crippen LogP contribution >= 0.6 is 0 Å². The zero-order chi connectivity index (χ0) is 15.7. The lowest BCUT2D eigenvalue weighted by Gasteiger charge is -2.23. The van der Waals surface area contributed by atoms with Crippen LogP contribution in [0, 0.1) is 22.9 Å². The average molecular weight is 306 g/mol. The van der Waals surface area contributed by atoms with E-state index < -0.39 is 43.5 Å². The van der Waals surface area contributed by atoms with Crippen LogP contribution in [-0.4, -0.2) is 30.6 Å². The first kappa shape index (κ1) is 16.5. The monoisotopic (exact) mass is 306 g/mol. The van der Waals surface area contributed by atoms with Crippen molar-refractivity contribution in [3.05, 3.63) is 33.6 Å². The van der Waals surface area contributed by atoms with E-state index in [1.807, 2.05) is 0 Å². The Balaban J connectivity index is 3.37. The van der Waals surface area contributed by atoms with Gasteiger partial charge in [0.25, 0.3) is 0 Å². The molecule has 0 spiro atoms. The Morgan fingerprint density at radius 3 is 2.45 bits per heavy atom. The van der Waals surface area contributed by atoms with Crippen molar-refractivity contribution in [2.45, 2.75) is 31.2 Å². The molecule has 0 fully saturated rings. The first-order chi connectivity index (χ1) is 9.00. The van der Waals surface area contributed by atoms with Gasteiger partial charge in [0.05, 0.1) is 22.0 Å². The van der Waals surface area contributed by atoms with E-state index >= 15 is 0 Å². The molecule has 1 aromatic carbocycles. The van der Waals surface area contributed by atoms with Crippen LogP contribution in [0.15, 0.2) is 17.0 Å². The zero-order valence-electron chi connectivity index (χ0n) is 11.2. The summed E-state index contributed by atoms with van der Waals surface area (Å²) in [5.74, 6) is -1.07. The van der Waals surface area contributed by atoms with E-state index in [0.717, 1.165) is 6.07 Å². The molecule has 7 nitrogen and oxygen atoms in total. The Morgan fingerprint density at radius 1 is 1.45 bits per heavy atom. The summed E-state index contributed by atoms with van der Waals surface area (Å²) in [6, 6.07) is 1.65. The first-order valence-corrected chi connectivity index (χ1v) is 7.08. The van der Waals surface area contributed by atoms with E-state index in [1.165, 1.54) is 20.8 Å². The lowest BCUT2D eigenvalue weighted by atomic mass is 10.1. The Labute approximate surface area is 115 Å². The molecule has 0 aliphatic heterocycles. The van der Waals surface area contributed by atoms with Crippen LogP contribution in [0.3, 0.4) is 0 Å². The molecule has 0 aliphatic rings. The fourth-order valence-electron chi connectivity index (χ4n) is 1.46. The molecule has 0 atom stereocenters. The van der Waals surface area contributed by atoms with Gasteiger partial charge >= 0.3 is 5.69 Å². The van der Waals surface area contributed by atoms with Crippen molar-refractivity contribution in [1.29, 1.82) is 0 Å². The third-order valence-electron chi connectivity index (χ3n) is 2.52. The van der Waals surface area contributed by atoms with Gasteiger partial charge < -0.3 is 5.11 Å². The molecule has 0 heterocycles. The van der Waals surface area contributed by atoms with Crippen molar-refractivity contribution < 1.29 is 22.8 Å². The summed E-state index contributed by atoms with van der Waals surface area (Å²) < 4.78 is 39.9. The topological polar surface area (TPSA) is 110 Å². The van der Waals surface area contributed by atoms with E-state index in [-0.39, 0.29) is 5.56 Å². The number of rotatable bonds is 5. The molecule has 0 amide bonds. The molecule has 0 saturated heterocycles.